The summed E-state index contributed by atoms with van der Waals surface area (Å²) in [4.78, 5) is 29.4. The number of hydrogen-bond acceptors (Lipinski definition) is 6. The molecule has 2 aromatic heterocycles. The number of nitrogens with zero attached hydrogens (tertiary/aromatic N) is 3. The molecule has 0 aliphatic carbocycles. The largest absolute Gasteiger partial charge is 0.497 e. The lowest BCUT2D eigenvalue weighted by Gasteiger charge is -2.02. The first-order valence-electron chi connectivity index (χ1n) is 8.37. The van der Waals surface area contributed by atoms with E-state index in [1.165, 1.54) is 4.52 Å². The molecule has 0 atom stereocenters. The molecule has 2 heterocycles. The van der Waals surface area contributed by atoms with Crippen molar-refractivity contribution in [3.05, 3.63) is 95.6 Å². The Labute approximate surface area is 168 Å². The third-order valence-corrected chi connectivity index (χ3v) is 5.49. The Morgan fingerprint density at radius 3 is 2.79 bits per heavy atom. The predicted molar refractivity (Wildman–Crippen MR) is 109 cm³/mol. The number of hydrogen-bond donors (Lipinski definition) is 0. The van der Waals surface area contributed by atoms with E-state index < -0.39 is 5.56 Å². The van der Waals surface area contributed by atoms with E-state index in [2.05, 4.69) is 10.1 Å². The van der Waals surface area contributed by atoms with Gasteiger partial charge in [-0.2, -0.15) is 14.6 Å². The van der Waals surface area contributed by atoms with Crippen molar-refractivity contribution in [2.45, 2.75) is 6.42 Å². The van der Waals surface area contributed by atoms with Crippen LogP contribution < -0.4 is 20.4 Å². The third kappa shape index (κ3) is 3.54. The van der Waals surface area contributed by atoms with Crippen molar-refractivity contribution in [3.8, 4) is 5.75 Å². The molecule has 0 fully saturated rings. The smallest absolute Gasteiger partial charge is 0.296 e. The van der Waals surface area contributed by atoms with Crippen LogP contribution in [-0.4, -0.2) is 21.7 Å². The molecular formula is C20H14ClN3O3S. The summed E-state index contributed by atoms with van der Waals surface area (Å²) < 4.78 is 6.81. The van der Waals surface area contributed by atoms with E-state index in [1.807, 2.05) is 42.5 Å². The summed E-state index contributed by atoms with van der Waals surface area (Å²) in [6.07, 6.45) is 1.93. The fourth-order valence-electron chi connectivity index (χ4n) is 2.76. The highest BCUT2D eigenvalue weighted by Gasteiger charge is 2.13. The lowest BCUT2D eigenvalue weighted by atomic mass is 10.1. The van der Waals surface area contributed by atoms with E-state index in [4.69, 9.17) is 16.3 Å². The summed E-state index contributed by atoms with van der Waals surface area (Å²) in [5.41, 5.74) is 0.946. The normalized spacial score (nSPS) is 11.9. The lowest BCUT2D eigenvalue weighted by Crippen LogP contribution is -2.28. The van der Waals surface area contributed by atoms with Crippen LogP contribution in [0.15, 0.2) is 58.1 Å². The van der Waals surface area contributed by atoms with E-state index in [-0.39, 0.29) is 22.6 Å². The number of thiazole rings is 1. The average molecular weight is 412 g/mol. The molecule has 0 aliphatic heterocycles. The van der Waals surface area contributed by atoms with Crippen molar-refractivity contribution in [1.82, 2.24) is 14.6 Å². The number of halogens is 1. The Morgan fingerprint density at radius 1 is 1.18 bits per heavy atom. The fraction of sp³-hybridized carbons (Fsp3) is 0.100. The molecule has 0 N–H and O–H groups in total. The molecule has 0 radical (unpaired) electrons. The van der Waals surface area contributed by atoms with Crippen molar-refractivity contribution >= 4 is 34.0 Å². The van der Waals surface area contributed by atoms with Crippen molar-refractivity contribution in [3.63, 3.8) is 0 Å². The average Bonchev–Trinajstić information content (AvgIpc) is 2.98. The van der Waals surface area contributed by atoms with Crippen LogP contribution in [0.3, 0.4) is 0 Å². The van der Waals surface area contributed by atoms with E-state index in [9.17, 15) is 9.59 Å². The van der Waals surface area contributed by atoms with Crippen LogP contribution in [0.5, 0.6) is 5.75 Å². The van der Waals surface area contributed by atoms with Crippen LogP contribution in [0, 0.1) is 0 Å². The van der Waals surface area contributed by atoms with Crippen molar-refractivity contribution < 1.29 is 4.74 Å². The van der Waals surface area contributed by atoms with Gasteiger partial charge in [0.2, 0.25) is 4.96 Å². The zero-order chi connectivity index (χ0) is 19.7. The van der Waals surface area contributed by atoms with Gasteiger partial charge in [-0.1, -0.05) is 53.3 Å². The number of methoxy groups -OCH3 is 1. The van der Waals surface area contributed by atoms with Crippen LogP contribution in [-0.2, 0) is 6.42 Å². The quantitative estimate of drug-likeness (QED) is 0.515. The molecule has 6 nitrogen and oxygen atoms in total. The first kappa shape index (κ1) is 18.3. The van der Waals surface area contributed by atoms with Gasteiger partial charge in [0.15, 0.2) is 0 Å². The highest BCUT2D eigenvalue weighted by molar-refractivity contribution is 7.15. The topological polar surface area (TPSA) is 73.6 Å². The fourth-order valence-corrected chi connectivity index (χ4v) is 3.86. The number of benzene rings is 2. The zero-order valence-electron chi connectivity index (χ0n) is 14.8. The first-order valence-corrected chi connectivity index (χ1v) is 9.56. The van der Waals surface area contributed by atoms with Gasteiger partial charge in [-0.05, 0) is 35.4 Å². The van der Waals surface area contributed by atoms with Crippen LogP contribution in [0.2, 0.25) is 5.02 Å². The van der Waals surface area contributed by atoms with E-state index in [1.54, 1.807) is 19.3 Å². The Bertz CT molecular complexity index is 1350. The van der Waals surface area contributed by atoms with Crippen molar-refractivity contribution in [1.29, 1.82) is 0 Å². The summed E-state index contributed by atoms with van der Waals surface area (Å²) >= 11 is 7.28. The second-order valence-electron chi connectivity index (χ2n) is 6.02. The molecule has 0 unspecified atom stereocenters. The van der Waals surface area contributed by atoms with E-state index >= 15 is 0 Å². The Kier molecular flexibility index (Phi) is 4.93. The van der Waals surface area contributed by atoms with Gasteiger partial charge in [-0.15, -0.1) is 0 Å². The van der Waals surface area contributed by atoms with Crippen molar-refractivity contribution in [2.24, 2.45) is 0 Å². The molecule has 0 spiro atoms. The first-order chi connectivity index (χ1) is 13.5. The van der Waals surface area contributed by atoms with Gasteiger partial charge in [0.05, 0.1) is 11.6 Å². The summed E-state index contributed by atoms with van der Waals surface area (Å²) in [6.45, 7) is 0. The maximum absolute atomic E-state index is 12.8. The molecule has 28 heavy (non-hydrogen) atoms. The third-order valence-electron chi connectivity index (χ3n) is 4.16. The summed E-state index contributed by atoms with van der Waals surface area (Å²) in [5.74, 6) is 0.690. The highest BCUT2D eigenvalue weighted by Crippen LogP contribution is 2.17. The van der Waals surface area contributed by atoms with Crippen LogP contribution in [0.25, 0.3) is 11.0 Å². The Balaban J connectivity index is 1.81. The minimum atomic E-state index is -0.464. The molecule has 0 saturated carbocycles. The van der Waals surface area contributed by atoms with Gasteiger partial charge in [0, 0.05) is 11.4 Å². The van der Waals surface area contributed by atoms with Gasteiger partial charge in [-0.3, -0.25) is 9.59 Å². The van der Waals surface area contributed by atoms with Gasteiger partial charge >= 0.3 is 0 Å². The maximum atomic E-state index is 12.8. The van der Waals surface area contributed by atoms with E-state index in [0.717, 1.165) is 22.5 Å². The predicted octanol–water partition coefficient (Wildman–Crippen LogP) is 2.31. The molecular weight excluding hydrogens is 398 g/mol. The molecule has 4 rings (SSSR count). The molecule has 0 bridgehead atoms. The summed E-state index contributed by atoms with van der Waals surface area (Å²) in [5, 5.41) is 4.78. The minimum absolute atomic E-state index is 0.174. The number of aromatic nitrogens is 3. The number of fused-ring (bicyclic) bond motifs is 1. The lowest BCUT2D eigenvalue weighted by molar-refractivity contribution is 0.414. The van der Waals surface area contributed by atoms with Gasteiger partial charge in [0.1, 0.15) is 11.4 Å². The van der Waals surface area contributed by atoms with Crippen LogP contribution >= 0.6 is 22.9 Å². The molecule has 0 amide bonds. The maximum Gasteiger partial charge on any atom is 0.296 e. The molecule has 140 valence electrons. The van der Waals surface area contributed by atoms with Crippen LogP contribution in [0.4, 0.5) is 0 Å². The summed E-state index contributed by atoms with van der Waals surface area (Å²) in [6, 6.07) is 14.5. The SMILES string of the molecule is COc1cccc(/C=c2\sc3nc(=O)c(Cc4ccccc4Cl)nn3c2=O)c1. The van der Waals surface area contributed by atoms with E-state index in [0.29, 0.717) is 15.3 Å². The monoisotopic (exact) mass is 411 g/mol. The Hall–Kier alpha value is -3.03. The molecule has 0 saturated heterocycles. The second kappa shape index (κ2) is 7.53. The molecule has 0 aliphatic rings. The molecule has 4 aromatic rings. The standard InChI is InChI=1S/C20H14ClN3O3S/c1-27-14-7-4-5-12(9-14)10-17-19(26)24-20(28-17)22-18(25)16(23-24)11-13-6-2-3-8-15(13)21/h2-10H,11H2,1H3/b17-10-. The van der Waals surface area contributed by atoms with Gasteiger partial charge < -0.3 is 4.74 Å². The molecule has 8 heteroatoms. The number of ether oxygens (including phenoxy) is 1. The van der Waals surface area contributed by atoms with Crippen LogP contribution in [0.1, 0.15) is 16.8 Å². The highest BCUT2D eigenvalue weighted by atomic mass is 35.5. The van der Waals surface area contributed by atoms with Crippen molar-refractivity contribution in [2.75, 3.05) is 7.11 Å². The zero-order valence-corrected chi connectivity index (χ0v) is 16.3. The minimum Gasteiger partial charge on any atom is -0.497 e. The van der Waals surface area contributed by atoms with Gasteiger partial charge in [-0.25, -0.2) is 0 Å². The van der Waals surface area contributed by atoms with Gasteiger partial charge in [0.25, 0.3) is 11.1 Å². The molecule has 2 aromatic carbocycles. The summed E-state index contributed by atoms with van der Waals surface area (Å²) in [7, 11) is 1.58. The second-order valence-corrected chi connectivity index (χ2v) is 7.43. The number of rotatable bonds is 4. The Morgan fingerprint density at radius 2 is 2.00 bits per heavy atom.